The fourth-order valence-corrected chi connectivity index (χ4v) is 3.82. The molecule has 0 aliphatic carbocycles. The molecule has 6 nitrogen and oxygen atoms in total. The Morgan fingerprint density at radius 1 is 1.17 bits per heavy atom. The topological polar surface area (TPSA) is 67.5 Å². The van der Waals surface area contributed by atoms with Gasteiger partial charge in [-0.05, 0) is 24.6 Å². The molecule has 0 fully saturated rings. The van der Waals surface area contributed by atoms with Gasteiger partial charge in [0.05, 0.1) is 18.8 Å². The molecule has 0 spiro atoms. The number of rotatable bonds is 7. The van der Waals surface area contributed by atoms with Gasteiger partial charge in [-0.2, -0.15) is 5.10 Å². The van der Waals surface area contributed by atoms with Crippen LogP contribution in [0.4, 0.5) is 4.39 Å². The number of hydrogen-bond donors (Lipinski definition) is 1. The molecule has 1 amide bonds. The van der Waals surface area contributed by atoms with E-state index in [0.717, 1.165) is 5.56 Å². The monoisotopic (exact) mass is 395 g/mol. The Balaban J connectivity index is 1.84. The average Bonchev–Trinajstić information content (AvgIpc) is 3.28. The SMILES string of the molecule is COCCCN1C(=O)c2[nH]nc(-c3cccc(OC)c3)c2C1c1ccccc1F. The Hall–Kier alpha value is -3.19. The molecule has 0 radical (unpaired) electrons. The third-order valence-electron chi connectivity index (χ3n) is 5.15. The van der Waals surface area contributed by atoms with Crippen LogP contribution in [0.25, 0.3) is 11.3 Å². The molecule has 4 rings (SSSR count). The minimum absolute atomic E-state index is 0.189. The van der Waals surface area contributed by atoms with Gasteiger partial charge in [-0.15, -0.1) is 0 Å². The van der Waals surface area contributed by atoms with E-state index in [9.17, 15) is 9.18 Å². The predicted molar refractivity (Wildman–Crippen MR) is 106 cm³/mol. The van der Waals surface area contributed by atoms with E-state index in [-0.39, 0.29) is 11.7 Å². The number of aromatic amines is 1. The molecule has 3 aromatic rings. The van der Waals surface area contributed by atoms with E-state index < -0.39 is 6.04 Å². The maximum Gasteiger partial charge on any atom is 0.273 e. The second kappa shape index (κ2) is 8.05. The van der Waals surface area contributed by atoms with Crippen molar-refractivity contribution in [2.45, 2.75) is 12.5 Å². The van der Waals surface area contributed by atoms with Gasteiger partial charge in [-0.3, -0.25) is 9.89 Å². The summed E-state index contributed by atoms with van der Waals surface area (Å²) in [7, 11) is 3.21. The van der Waals surface area contributed by atoms with E-state index in [1.54, 1.807) is 37.3 Å². The maximum absolute atomic E-state index is 14.8. The minimum atomic E-state index is -0.560. The van der Waals surface area contributed by atoms with E-state index in [0.29, 0.717) is 47.8 Å². The lowest BCUT2D eigenvalue weighted by atomic mass is 9.95. The molecule has 1 aliphatic rings. The smallest absolute Gasteiger partial charge is 0.273 e. The summed E-state index contributed by atoms with van der Waals surface area (Å²) in [4.78, 5) is 14.8. The molecule has 2 heterocycles. The van der Waals surface area contributed by atoms with Gasteiger partial charge in [0.1, 0.15) is 17.3 Å². The van der Waals surface area contributed by atoms with Gasteiger partial charge in [0.25, 0.3) is 5.91 Å². The highest BCUT2D eigenvalue weighted by Gasteiger charge is 2.42. The number of carbonyl (C=O) groups is 1. The summed E-state index contributed by atoms with van der Waals surface area (Å²) in [5.74, 6) is 0.140. The molecule has 1 unspecified atom stereocenters. The Bertz CT molecular complexity index is 1030. The van der Waals surface area contributed by atoms with E-state index >= 15 is 0 Å². The molecular weight excluding hydrogens is 373 g/mol. The van der Waals surface area contributed by atoms with Crippen LogP contribution in [0.5, 0.6) is 5.75 Å². The lowest BCUT2D eigenvalue weighted by molar-refractivity contribution is 0.0721. The van der Waals surface area contributed by atoms with Crippen LogP contribution in [0, 0.1) is 5.82 Å². The van der Waals surface area contributed by atoms with Crippen molar-refractivity contribution < 1.29 is 18.7 Å². The fraction of sp³-hybridized carbons (Fsp3) is 0.273. The van der Waals surface area contributed by atoms with Gasteiger partial charge < -0.3 is 14.4 Å². The summed E-state index contributed by atoms with van der Waals surface area (Å²) in [6.07, 6.45) is 0.652. The summed E-state index contributed by atoms with van der Waals surface area (Å²) < 4.78 is 25.2. The van der Waals surface area contributed by atoms with E-state index in [2.05, 4.69) is 10.2 Å². The van der Waals surface area contributed by atoms with Crippen LogP contribution in [-0.4, -0.2) is 48.4 Å². The van der Waals surface area contributed by atoms with Crippen LogP contribution >= 0.6 is 0 Å². The van der Waals surface area contributed by atoms with Crippen molar-refractivity contribution in [1.29, 1.82) is 0 Å². The maximum atomic E-state index is 14.8. The fourth-order valence-electron chi connectivity index (χ4n) is 3.82. The molecular formula is C22H22FN3O3. The number of nitrogens with one attached hydrogen (secondary N) is 1. The van der Waals surface area contributed by atoms with Crippen molar-refractivity contribution in [2.75, 3.05) is 27.4 Å². The van der Waals surface area contributed by atoms with Gasteiger partial charge in [0, 0.05) is 37.0 Å². The quantitative estimate of drug-likeness (QED) is 0.618. The molecule has 150 valence electrons. The van der Waals surface area contributed by atoms with E-state index in [1.165, 1.54) is 6.07 Å². The molecule has 2 aromatic carbocycles. The van der Waals surface area contributed by atoms with E-state index in [4.69, 9.17) is 9.47 Å². The molecule has 0 bridgehead atoms. The van der Waals surface area contributed by atoms with Crippen molar-refractivity contribution in [2.24, 2.45) is 0 Å². The number of benzene rings is 2. The summed E-state index contributed by atoms with van der Waals surface area (Å²) in [6, 6.07) is 13.4. The molecule has 0 saturated heterocycles. The molecule has 29 heavy (non-hydrogen) atoms. The van der Waals surface area contributed by atoms with Crippen LogP contribution < -0.4 is 4.74 Å². The van der Waals surface area contributed by atoms with Gasteiger partial charge in [-0.1, -0.05) is 30.3 Å². The van der Waals surface area contributed by atoms with Crippen molar-refractivity contribution in [3.8, 4) is 17.0 Å². The summed E-state index contributed by atoms with van der Waals surface area (Å²) in [5.41, 5.74) is 2.95. The first-order valence-electron chi connectivity index (χ1n) is 9.42. The number of methoxy groups -OCH3 is 2. The molecule has 1 aromatic heterocycles. The number of aromatic nitrogens is 2. The number of fused-ring (bicyclic) bond motifs is 1. The number of amides is 1. The third kappa shape index (κ3) is 3.38. The average molecular weight is 395 g/mol. The number of carbonyl (C=O) groups excluding carboxylic acids is 1. The molecule has 1 N–H and O–H groups in total. The second-order valence-corrected chi connectivity index (χ2v) is 6.86. The Morgan fingerprint density at radius 3 is 2.76 bits per heavy atom. The zero-order valence-electron chi connectivity index (χ0n) is 16.3. The lowest BCUT2D eigenvalue weighted by Gasteiger charge is -2.26. The van der Waals surface area contributed by atoms with Crippen molar-refractivity contribution in [3.63, 3.8) is 0 Å². The van der Waals surface area contributed by atoms with Gasteiger partial charge >= 0.3 is 0 Å². The normalized spacial score (nSPS) is 15.6. The lowest BCUT2D eigenvalue weighted by Crippen LogP contribution is -2.31. The highest BCUT2D eigenvalue weighted by atomic mass is 19.1. The largest absolute Gasteiger partial charge is 0.497 e. The third-order valence-corrected chi connectivity index (χ3v) is 5.15. The number of nitrogens with zero attached hydrogens (tertiary/aromatic N) is 2. The first-order valence-corrected chi connectivity index (χ1v) is 9.42. The highest BCUT2D eigenvalue weighted by Crippen LogP contribution is 2.43. The Kier molecular flexibility index (Phi) is 5.31. The highest BCUT2D eigenvalue weighted by molar-refractivity contribution is 6.00. The second-order valence-electron chi connectivity index (χ2n) is 6.86. The van der Waals surface area contributed by atoms with Gasteiger partial charge in [-0.25, -0.2) is 4.39 Å². The van der Waals surface area contributed by atoms with E-state index in [1.807, 2.05) is 24.3 Å². The zero-order chi connectivity index (χ0) is 20.4. The van der Waals surface area contributed by atoms with Crippen molar-refractivity contribution in [1.82, 2.24) is 15.1 Å². The first kappa shape index (κ1) is 19.1. The van der Waals surface area contributed by atoms with Crippen LogP contribution in [0.1, 0.15) is 34.1 Å². The summed E-state index contributed by atoms with van der Waals surface area (Å²) >= 11 is 0. The van der Waals surface area contributed by atoms with Gasteiger partial charge in [0.15, 0.2) is 0 Å². The number of halogens is 1. The molecule has 7 heteroatoms. The predicted octanol–water partition coefficient (Wildman–Crippen LogP) is 3.81. The minimum Gasteiger partial charge on any atom is -0.497 e. The number of ether oxygens (including phenoxy) is 2. The molecule has 1 atom stereocenters. The first-order chi connectivity index (χ1) is 14.2. The van der Waals surface area contributed by atoms with Gasteiger partial charge in [0.2, 0.25) is 0 Å². The summed E-state index contributed by atoms with van der Waals surface area (Å²) in [5, 5.41) is 7.27. The molecule has 1 aliphatic heterocycles. The van der Waals surface area contributed by atoms with Crippen molar-refractivity contribution in [3.05, 3.63) is 71.2 Å². The van der Waals surface area contributed by atoms with Crippen LogP contribution in [0.2, 0.25) is 0 Å². The van der Waals surface area contributed by atoms with Crippen LogP contribution in [0.3, 0.4) is 0 Å². The van der Waals surface area contributed by atoms with Crippen molar-refractivity contribution >= 4 is 5.91 Å². The Morgan fingerprint density at radius 2 is 2.00 bits per heavy atom. The Labute approximate surface area is 168 Å². The number of hydrogen-bond acceptors (Lipinski definition) is 4. The number of H-pyrrole nitrogens is 1. The summed E-state index contributed by atoms with van der Waals surface area (Å²) in [6.45, 7) is 0.967. The van der Waals surface area contributed by atoms with Crippen LogP contribution in [-0.2, 0) is 4.74 Å². The zero-order valence-corrected chi connectivity index (χ0v) is 16.3. The molecule has 0 saturated carbocycles. The standard InChI is InChI=1S/C22H22FN3O3/c1-28-12-6-11-26-21(16-9-3-4-10-17(16)23)18-19(24-25-20(18)22(26)27)14-7-5-8-15(13-14)29-2/h3-5,7-10,13,21H,6,11-12H2,1-2H3,(H,24,25). The van der Waals surface area contributed by atoms with Crippen LogP contribution in [0.15, 0.2) is 48.5 Å².